The maximum absolute atomic E-state index is 12.6. The van der Waals surface area contributed by atoms with Crippen molar-refractivity contribution in [3.05, 3.63) is 69.0 Å². The molecule has 1 saturated heterocycles. The molecule has 1 aliphatic rings. The Morgan fingerprint density at radius 1 is 1.04 bits per heavy atom. The number of imide groups is 1. The predicted molar refractivity (Wildman–Crippen MR) is 106 cm³/mol. The van der Waals surface area contributed by atoms with E-state index >= 15 is 0 Å². The average molecular weight is 417 g/mol. The summed E-state index contributed by atoms with van der Waals surface area (Å²) < 4.78 is 0.964. The van der Waals surface area contributed by atoms with Crippen LogP contribution >= 0.6 is 27.7 Å². The second-order valence-corrected chi connectivity index (χ2v) is 7.79. The number of hydrogen-bond acceptors (Lipinski definition) is 4. The van der Waals surface area contributed by atoms with Crippen LogP contribution in [0.5, 0.6) is 0 Å². The van der Waals surface area contributed by atoms with Crippen molar-refractivity contribution in [1.29, 1.82) is 0 Å². The van der Waals surface area contributed by atoms with E-state index in [4.69, 9.17) is 0 Å². The van der Waals surface area contributed by atoms with Gasteiger partial charge in [0.05, 0.1) is 11.4 Å². The number of carbonyl (C=O) groups is 2. The van der Waals surface area contributed by atoms with Crippen LogP contribution in [0.2, 0.25) is 0 Å². The van der Waals surface area contributed by atoms with Gasteiger partial charge in [-0.05, 0) is 53.2 Å². The minimum Gasteiger partial charge on any atom is -0.378 e. The summed E-state index contributed by atoms with van der Waals surface area (Å²) in [5.41, 5.74) is 2.90. The van der Waals surface area contributed by atoms with E-state index in [2.05, 4.69) is 15.9 Å². The Balaban J connectivity index is 1.77. The summed E-state index contributed by atoms with van der Waals surface area (Å²) in [6.07, 6.45) is 1.77. The van der Waals surface area contributed by atoms with Gasteiger partial charge in [-0.1, -0.05) is 40.2 Å². The van der Waals surface area contributed by atoms with Crippen molar-refractivity contribution < 1.29 is 9.59 Å². The zero-order chi connectivity index (χ0) is 18.0. The van der Waals surface area contributed by atoms with Crippen molar-refractivity contribution >= 4 is 50.6 Å². The third kappa shape index (κ3) is 4.14. The van der Waals surface area contributed by atoms with Crippen LogP contribution in [0.1, 0.15) is 11.1 Å². The van der Waals surface area contributed by atoms with E-state index in [-0.39, 0.29) is 17.7 Å². The number of amides is 2. The Kier molecular flexibility index (Phi) is 5.30. The van der Waals surface area contributed by atoms with E-state index < -0.39 is 0 Å². The largest absolute Gasteiger partial charge is 0.378 e. The SMILES string of the molecule is CN(C)c1ccc(/C=C2\SC(=O)N(Cc3ccc(Br)cc3)C2=O)cc1. The van der Waals surface area contributed by atoms with Gasteiger partial charge in [-0.3, -0.25) is 14.5 Å². The summed E-state index contributed by atoms with van der Waals surface area (Å²) in [5, 5.41) is -0.232. The molecule has 4 nitrogen and oxygen atoms in total. The minimum atomic E-state index is -0.241. The number of thioether (sulfide) groups is 1. The standard InChI is InChI=1S/C19H17BrN2O2S/c1-21(2)16-9-5-13(6-10-16)11-17-18(23)22(19(24)25-17)12-14-3-7-15(20)8-4-14/h3-11H,12H2,1-2H3/b17-11-. The first kappa shape index (κ1) is 17.8. The van der Waals surface area contributed by atoms with Crippen LogP contribution in [-0.4, -0.2) is 30.1 Å². The fourth-order valence-corrected chi connectivity index (χ4v) is 3.53. The van der Waals surface area contributed by atoms with Gasteiger partial charge in [-0.25, -0.2) is 0 Å². The highest BCUT2D eigenvalue weighted by Gasteiger charge is 2.34. The van der Waals surface area contributed by atoms with E-state index in [0.717, 1.165) is 33.0 Å². The fourth-order valence-electron chi connectivity index (χ4n) is 2.43. The molecule has 2 aromatic rings. The summed E-state index contributed by atoms with van der Waals surface area (Å²) in [6.45, 7) is 0.287. The molecule has 3 rings (SSSR count). The molecule has 128 valence electrons. The molecule has 0 radical (unpaired) electrons. The minimum absolute atomic E-state index is 0.232. The maximum Gasteiger partial charge on any atom is 0.293 e. The topological polar surface area (TPSA) is 40.6 Å². The van der Waals surface area contributed by atoms with Gasteiger partial charge in [0.15, 0.2) is 0 Å². The zero-order valence-corrected chi connectivity index (χ0v) is 16.3. The molecule has 0 saturated carbocycles. The normalized spacial score (nSPS) is 16.0. The first-order valence-corrected chi connectivity index (χ1v) is 9.32. The van der Waals surface area contributed by atoms with E-state index in [1.54, 1.807) is 6.08 Å². The van der Waals surface area contributed by atoms with E-state index in [1.165, 1.54) is 4.90 Å². The lowest BCUT2D eigenvalue weighted by Gasteiger charge is -2.12. The summed E-state index contributed by atoms with van der Waals surface area (Å²) >= 11 is 4.37. The Bertz CT molecular complexity index is 830. The van der Waals surface area contributed by atoms with Gasteiger partial charge in [-0.2, -0.15) is 0 Å². The fraction of sp³-hybridized carbons (Fsp3) is 0.158. The van der Waals surface area contributed by atoms with Gasteiger partial charge in [0, 0.05) is 24.3 Å². The molecule has 0 spiro atoms. The van der Waals surface area contributed by atoms with Crippen LogP contribution in [0.25, 0.3) is 6.08 Å². The molecule has 2 aromatic carbocycles. The van der Waals surface area contributed by atoms with Crippen molar-refractivity contribution in [3.8, 4) is 0 Å². The second-order valence-electron chi connectivity index (χ2n) is 5.88. The predicted octanol–water partition coefficient (Wildman–Crippen LogP) is 4.75. The number of carbonyl (C=O) groups excluding carboxylic acids is 2. The van der Waals surface area contributed by atoms with Gasteiger partial charge in [0.25, 0.3) is 11.1 Å². The van der Waals surface area contributed by atoms with Crippen LogP contribution in [-0.2, 0) is 11.3 Å². The van der Waals surface area contributed by atoms with Crippen molar-refractivity contribution in [2.45, 2.75) is 6.54 Å². The molecular weight excluding hydrogens is 400 g/mol. The lowest BCUT2D eigenvalue weighted by molar-refractivity contribution is -0.123. The number of anilines is 1. The van der Waals surface area contributed by atoms with Crippen LogP contribution in [0.3, 0.4) is 0 Å². The number of benzene rings is 2. The molecule has 0 unspecified atom stereocenters. The smallest absolute Gasteiger partial charge is 0.293 e. The van der Waals surface area contributed by atoms with Crippen LogP contribution < -0.4 is 4.90 Å². The van der Waals surface area contributed by atoms with Crippen molar-refractivity contribution in [3.63, 3.8) is 0 Å². The maximum atomic E-state index is 12.6. The van der Waals surface area contributed by atoms with Gasteiger partial charge >= 0.3 is 0 Å². The number of nitrogens with zero attached hydrogens (tertiary/aromatic N) is 2. The van der Waals surface area contributed by atoms with E-state index in [1.807, 2.05) is 67.5 Å². The molecule has 0 atom stereocenters. The molecule has 1 aliphatic heterocycles. The van der Waals surface area contributed by atoms with Gasteiger partial charge in [0.2, 0.25) is 0 Å². The average Bonchev–Trinajstić information content (AvgIpc) is 2.85. The van der Waals surface area contributed by atoms with E-state index in [0.29, 0.717) is 4.91 Å². The quantitative estimate of drug-likeness (QED) is 0.674. The third-order valence-electron chi connectivity index (χ3n) is 3.83. The van der Waals surface area contributed by atoms with Crippen LogP contribution in [0, 0.1) is 0 Å². The highest BCUT2D eigenvalue weighted by Crippen LogP contribution is 2.33. The molecular formula is C19H17BrN2O2S. The zero-order valence-electron chi connectivity index (χ0n) is 13.9. The molecule has 0 aromatic heterocycles. The summed E-state index contributed by atoms with van der Waals surface area (Å²) in [6, 6.07) is 15.5. The molecule has 1 heterocycles. The lowest BCUT2D eigenvalue weighted by Crippen LogP contribution is -2.27. The van der Waals surface area contributed by atoms with Crippen molar-refractivity contribution in [2.75, 3.05) is 19.0 Å². The molecule has 0 aliphatic carbocycles. The monoisotopic (exact) mass is 416 g/mol. The molecule has 0 bridgehead atoms. The summed E-state index contributed by atoms with van der Waals surface area (Å²) in [4.78, 5) is 28.5. The Morgan fingerprint density at radius 2 is 1.68 bits per heavy atom. The highest BCUT2D eigenvalue weighted by atomic mass is 79.9. The third-order valence-corrected chi connectivity index (χ3v) is 5.27. The molecule has 0 N–H and O–H groups in total. The summed E-state index contributed by atoms with van der Waals surface area (Å²) in [5.74, 6) is -0.241. The van der Waals surface area contributed by atoms with Gasteiger partial charge in [0.1, 0.15) is 0 Å². The first-order chi connectivity index (χ1) is 11.9. The van der Waals surface area contributed by atoms with Gasteiger partial charge < -0.3 is 4.90 Å². The Hall–Kier alpha value is -2.05. The number of hydrogen-bond donors (Lipinski definition) is 0. The first-order valence-electron chi connectivity index (χ1n) is 7.71. The summed E-state index contributed by atoms with van der Waals surface area (Å²) in [7, 11) is 3.95. The van der Waals surface area contributed by atoms with Crippen molar-refractivity contribution in [2.24, 2.45) is 0 Å². The molecule has 25 heavy (non-hydrogen) atoms. The van der Waals surface area contributed by atoms with Crippen LogP contribution in [0.15, 0.2) is 57.9 Å². The van der Waals surface area contributed by atoms with Crippen molar-refractivity contribution in [1.82, 2.24) is 4.90 Å². The molecule has 6 heteroatoms. The molecule has 1 fully saturated rings. The Morgan fingerprint density at radius 3 is 2.28 bits per heavy atom. The Labute approximate surface area is 159 Å². The lowest BCUT2D eigenvalue weighted by atomic mass is 10.1. The molecule has 2 amide bonds. The second kappa shape index (κ2) is 7.45. The number of halogens is 1. The van der Waals surface area contributed by atoms with Crippen LogP contribution in [0.4, 0.5) is 10.5 Å². The van der Waals surface area contributed by atoms with E-state index in [9.17, 15) is 9.59 Å². The van der Waals surface area contributed by atoms with Gasteiger partial charge in [-0.15, -0.1) is 0 Å². The highest BCUT2D eigenvalue weighted by molar-refractivity contribution is 9.10. The number of rotatable bonds is 4.